The maximum Gasteiger partial charge on any atom is 0.243 e. The number of aryl methyl sites for hydroxylation is 2. The Morgan fingerprint density at radius 3 is 2.07 bits per heavy atom. The highest BCUT2D eigenvalue weighted by molar-refractivity contribution is 7.89. The van der Waals surface area contributed by atoms with Crippen LogP contribution in [0.1, 0.15) is 11.1 Å². The maximum absolute atomic E-state index is 12.8. The topological polar surface area (TPSA) is 59.1 Å². The van der Waals surface area contributed by atoms with Crippen molar-refractivity contribution in [3.8, 4) is 11.5 Å². The summed E-state index contributed by atoms with van der Waals surface area (Å²) >= 11 is 0. The molecule has 3 rings (SSSR count). The van der Waals surface area contributed by atoms with Gasteiger partial charge in [0.2, 0.25) is 10.0 Å². The Bertz CT molecular complexity index is 869. The van der Waals surface area contributed by atoms with Crippen LogP contribution in [0.4, 0.5) is 0 Å². The summed E-state index contributed by atoms with van der Waals surface area (Å²) in [5, 5.41) is 0. The summed E-state index contributed by atoms with van der Waals surface area (Å²) in [6, 6.07) is 12.7. The van der Waals surface area contributed by atoms with E-state index in [0.717, 1.165) is 12.3 Å². The van der Waals surface area contributed by atoms with Crippen LogP contribution in [-0.4, -0.2) is 64.1 Å². The van der Waals surface area contributed by atoms with Gasteiger partial charge in [-0.05, 0) is 61.4 Å². The number of ether oxygens (including phenoxy) is 2. The van der Waals surface area contributed by atoms with Crippen molar-refractivity contribution < 1.29 is 17.9 Å². The smallest absolute Gasteiger partial charge is 0.243 e. The van der Waals surface area contributed by atoms with Crippen molar-refractivity contribution in [2.75, 3.05) is 46.4 Å². The first-order valence-electron chi connectivity index (χ1n) is 9.46. The zero-order valence-corrected chi connectivity index (χ0v) is 17.5. The maximum atomic E-state index is 12.8. The van der Waals surface area contributed by atoms with E-state index in [-0.39, 0.29) is 0 Å². The van der Waals surface area contributed by atoms with Gasteiger partial charge in [-0.3, -0.25) is 4.90 Å². The van der Waals surface area contributed by atoms with E-state index in [1.807, 2.05) is 12.1 Å². The van der Waals surface area contributed by atoms with Gasteiger partial charge in [0.1, 0.15) is 18.1 Å². The Hall–Kier alpha value is -2.09. The number of methoxy groups -OCH3 is 1. The van der Waals surface area contributed by atoms with Crippen molar-refractivity contribution in [2.24, 2.45) is 0 Å². The van der Waals surface area contributed by atoms with Crippen LogP contribution in [0.5, 0.6) is 11.5 Å². The third-order valence-corrected chi connectivity index (χ3v) is 6.81. The molecule has 152 valence electrons. The van der Waals surface area contributed by atoms with Crippen LogP contribution in [0.2, 0.25) is 0 Å². The predicted molar refractivity (Wildman–Crippen MR) is 110 cm³/mol. The van der Waals surface area contributed by atoms with E-state index < -0.39 is 10.0 Å². The van der Waals surface area contributed by atoms with Gasteiger partial charge >= 0.3 is 0 Å². The normalized spacial score (nSPS) is 16.1. The zero-order valence-electron chi connectivity index (χ0n) is 16.7. The second-order valence-corrected chi connectivity index (χ2v) is 9.03. The number of hydrogen-bond acceptors (Lipinski definition) is 5. The Kier molecular flexibility index (Phi) is 6.59. The average Bonchev–Trinajstić information content (AvgIpc) is 2.68. The molecule has 0 N–H and O–H groups in total. The van der Waals surface area contributed by atoms with Gasteiger partial charge in [0, 0.05) is 32.7 Å². The van der Waals surface area contributed by atoms with Crippen LogP contribution < -0.4 is 9.47 Å². The lowest BCUT2D eigenvalue weighted by atomic mass is 10.1. The van der Waals surface area contributed by atoms with Crippen molar-refractivity contribution in [3.05, 3.63) is 53.6 Å². The highest BCUT2D eigenvalue weighted by atomic mass is 32.2. The number of piperazine rings is 1. The highest BCUT2D eigenvalue weighted by Gasteiger charge is 2.28. The summed E-state index contributed by atoms with van der Waals surface area (Å²) in [5.41, 5.74) is 2.37. The molecule has 0 saturated carbocycles. The fourth-order valence-electron chi connectivity index (χ4n) is 3.40. The molecule has 28 heavy (non-hydrogen) atoms. The minimum absolute atomic E-state index is 0.305. The minimum atomic E-state index is -3.46. The Morgan fingerprint density at radius 2 is 1.50 bits per heavy atom. The van der Waals surface area contributed by atoms with E-state index in [1.54, 1.807) is 35.7 Å². The number of nitrogens with zero attached hydrogens (tertiary/aromatic N) is 2. The zero-order chi connectivity index (χ0) is 20.1. The Balaban J connectivity index is 1.49. The lowest BCUT2D eigenvalue weighted by Crippen LogP contribution is -2.49. The molecule has 2 aromatic rings. The van der Waals surface area contributed by atoms with E-state index in [2.05, 4.69) is 24.8 Å². The van der Waals surface area contributed by atoms with Crippen molar-refractivity contribution in [1.29, 1.82) is 0 Å². The third-order valence-electron chi connectivity index (χ3n) is 4.90. The predicted octanol–water partition coefficient (Wildman–Crippen LogP) is 2.70. The fourth-order valence-corrected chi connectivity index (χ4v) is 4.82. The molecule has 1 aliphatic rings. The lowest BCUT2D eigenvalue weighted by molar-refractivity contribution is 0.159. The van der Waals surface area contributed by atoms with Gasteiger partial charge in [0.25, 0.3) is 0 Å². The molecular formula is C21H28N2O4S. The summed E-state index contributed by atoms with van der Waals surface area (Å²) in [6.07, 6.45) is 0. The van der Waals surface area contributed by atoms with Crippen LogP contribution in [0.3, 0.4) is 0 Å². The molecule has 0 atom stereocenters. The van der Waals surface area contributed by atoms with Crippen molar-refractivity contribution >= 4 is 10.0 Å². The molecule has 1 heterocycles. The third kappa shape index (κ3) is 5.04. The number of hydrogen-bond donors (Lipinski definition) is 0. The lowest BCUT2D eigenvalue weighted by Gasteiger charge is -2.33. The van der Waals surface area contributed by atoms with Crippen LogP contribution in [0, 0.1) is 13.8 Å². The quantitative estimate of drug-likeness (QED) is 0.710. The summed E-state index contributed by atoms with van der Waals surface area (Å²) < 4.78 is 38.1. The molecule has 0 bridgehead atoms. The number of sulfonamides is 1. The van der Waals surface area contributed by atoms with E-state index in [4.69, 9.17) is 9.47 Å². The van der Waals surface area contributed by atoms with Crippen molar-refractivity contribution in [3.63, 3.8) is 0 Å². The molecule has 0 unspecified atom stereocenters. The molecule has 1 fully saturated rings. The summed E-state index contributed by atoms with van der Waals surface area (Å²) in [6.45, 7) is 7.86. The van der Waals surface area contributed by atoms with Gasteiger partial charge in [0.15, 0.2) is 0 Å². The molecular weight excluding hydrogens is 376 g/mol. The highest BCUT2D eigenvalue weighted by Crippen LogP contribution is 2.21. The SMILES string of the molecule is COc1ccc(S(=O)(=O)N2CCN(CCOc3cc(C)cc(C)c3)CC2)cc1. The van der Waals surface area contributed by atoms with E-state index in [0.29, 0.717) is 43.4 Å². The van der Waals surface area contributed by atoms with Gasteiger partial charge in [-0.1, -0.05) is 6.07 Å². The minimum Gasteiger partial charge on any atom is -0.497 e. The molecule has 0 amide bonds. The first kappa shape index (κ1) is 20.6. The van der Waals surface area contributed by atoms with Crippen molar-refractivity contribution in [1.82, 2.24) is 9.21 Å². The summed E-state index contributed by atoms with van der Waals surface area (Å²) in [7, 11) is -1.90. The standard InChI is InChI=1S/C21H28N2O4S/c1-17-14-18(2)16-20(15-17)27-13-12-22-8-10-23(11-9-22)28(24,25)21-6-4-19(26-3)5-7-21/h4-7,14-16H,8-13H2,1-3H3. The van der Waals surface area contributed by atoms with Gasteiger partial charge < -0.3 is 9.47 Å². The summed E-state index contributed by atoms with van der Waals surface area (Å²) in [5.74, 6) is 1.53. The fraction of sp³-hybridized carbons (Fsp3) is 0.429. The molecule has 1 saturated heterocycles. The monoisotopic (exact) mass is 404 g/mol. The molecule has 0 aromatic heterocycles. The molecule has 6 nitrogen and oxygen atoms in total. The number of benzene rings is 2. The molecule has 1 aliphatic heterocycles. The molecule has 0 aliphatic carbocycles. The largest absolute Gasteiger partial charge is 0.497 e. The number of rotatable bonds is 7. The van der Waals surface area contributed by atoms with E-state index >= 15 is 0 Å². The molecule has 2 aromatic carbocycles. The van der Waals surface area contributed by atoms with Gasteiger partial charge in [-0.2, -0.15) is 4.31 Å². The van der Waals surface area contributed by atoms with Gasteiger partial charge in [-0.15, -0.1) is 0 Å². The van der Waals surface area contributed by atoms with Crippen LogP contribution in [0.15, 0.2) is 47.4 Å². The van der Waals surface area contributed by atoms with E-state index in [9.17, 15) is 8.42 Å². The molecule has 7 heteroatoms. The molecule has 0 radical (unpaired) electrons. The van der Waals surface area contributed by atoms with Gasteiger partial charge in [0.05, 0.1) is 12.0 Å². The van der Waals surface area contributed by atoms with E-state index in [1.165, 1.54) is 11.1 Å². The van der Waals surface area contributed by atoms with Crippen LogP contribution >= 0.6 is 0 Å². The first-order valence-corrected chi connectivity index (χ1v) is 10.9. The molecule has 0 spiro atoms. The van der Waals surface area contributed by atoms with Crippen LogP contribution in [0.25, 0.3) is 0 Å². The Labute approximate surface area is 167 Å². The second-order valence-electron chi connectivity index (χ2n) is 7.09. The van der Waals surface area contributed by atoms with Crippen LogP contribution in [-0.2, 0) is 10.0 Å². The Morgan fingerprint density at radius 1 is 0.893 bits per heavy atom. The van der Waals surface area contributed by atoms with Crippen molar-refractivity contribution in [2.45, 2.75) is 18.7 Å². The first-order chi connectivity index (χ1) is 13.4. The van der Waals surface area contributed by atoms with Gasteiger partial charge in [-0.25, -0.2) is 8.42 Å². The second kappa shape index (κ2) is 8.94. The average molecular weight is 405 g/mol. The summed E-state index contributed by atoms with van der Waals surface area (Å²) in [4.78, 5) is 2.54.